The summed E-state index contributed by atoms with van der Waals surface area (Å²) in [4.78, 5) is -0.0502. The van der Waals surface area contributed by atoms with Gasteiger partial charge in [0.1, 0.15) is 5.75 Å². The van der Waals surface area contributed by atoms with E-state index >= 15 is 0 Å². The summed E-state index contributed by atoms with van der Waals surface area (Å²) in [5, 5.41) is 14.1. The predicted octanol–water partition coefficient (Wildman–Crippen LogP) is -0.502. The third kappa shape index (κ3) is 2.18. The summed E-state index contributed by atoms with van der Waals surface area (Å²) in [5.74, 6) is -0.0325. The SMILES string of the molecule is NCc1cc(S(N)(=O)=O)ccc1O. The van der Waals surface area contributed by atoms with Crippen LogP contribution in [0.25, 0.3) is 0 Å². The zero-order valence-corrected chi connectivity index (χ0v) is 7.58. The summed E-state index contributed by atoms with van der Waals surface area (Å²) in [5.41, 5.74) is 5.62. The molecule has 0 aliphatic rings. The number of rotatable bonds is 2. The Morgan fingerprint density at radius 3 is 2.46 bits per heavy atom. The van der Waals surface area contributed by atoms with Crippen LogP contribution >= 0.6 is 0 Å². The molecule has 0 saturated carbocycles. The van der Waals surface area contributed by atoms with Gasteiger partial charge in [-0.3, -0.25) is 0 Å². The summed E-state index contributed by atoms with van der Waals surface area (Å²) in [7, 11) is -3.72. The highest BCUT2D eigenvalue weighted by atomic mass is 32.2. The van der Waals surface area contributed by atoms with E-state index in [-0.39, 0.29) is 17.2 Å². The van der Waals surface area contributed by atoms with Gasteiger partial charge in [0.15, 0.2) is 0 Å². The van der Waals surface area contributed by atoms with E-state index in [0.29, 0.717) is 5.56 Å². The molecule has 0 saturated heterocycles. The lowest BCUT2D eigenvalue weighted by Gasteiger charge is -2.03. The molecule has 0 atom stereocenters. The first-order valence-electron chi connectivity index (χ1n) is 3.50. The molecule has 13 heavy (non-hydrogen) atoms. The Balaban J connectivity index is 3.30. The molecule has 0 heterocycles. The van der Waals surface area contributed by atoms with Gasteiger partial charge in [0.05, 0.1) is 4.90 Å². The number of aromatic hydroxyl groups is 1. The first-order valence-corrected chi connectivity index (χ1v) is 5.04. The minimum Gasteiger partial charge on any atom is -0.508 e. The van der Waals surface area contributed by atoms with Gasteiger partial charge in [-0.2, -0.15) is 0 Å². The molecule has 0 aliphatic carbocycles. The third-order valence-corrected chi connectivity index (χ3v) is 2.51. The second-order valence-corrected chi connectivity index (χ2v) is 4.10. The molecular formula is C7H10N2O3S. The van der Waals surface area contributed by atoms with Crippen LogP contribution in [0, 0.1) is 0 Å². The van der Waals surface area contributed by atoms with Gasteiger partial charge in [-0.15, -0.1) is 0 Å². The number of hydrogen-bond donors (Lipinski definition) is 3. The summed E-state index contributed by atoms with van der Waals surface area (Å²) in [6.45, 7) is 0.0647. The first kappa shape index (κ1) is 9.97. The lowest BCUT2D eigenvalue weighted by molar-refractivity contribution is 0.467. The predicted molar refractivity (Wildman–Crippen MR) is 47.4 cm³/mol. The molecule has 5 N–H and O–H groups in total. The number of benzene rings is 1. The summed E-state index contributed by atoms with van der Waals surface area (Å²) < 4.78 is 21.7. The lowest BCUT2D eigenvalue weighted by atomic mass is 10.2. The van der Waals surface area contributed by atoms with Crippen LogP contribution in [0.3, 0.4) is 0 Å². The minimum atomic E-state index is -3.72. The fourth-order valence-corrected chi connectivity index (χ4v) is 1.47. The average molecular weight is 202 g/mol. The Kier molecular flexibility index (Phi) is 2.55. The molecular weight excluding hydrogens is 192 g/mol. The van der Waals surface area contributed by atoms with Crippen LogP contribution in [-0.4, -0.2) is 13.5 Å². The molecule has 0 bridgehead atoms. The van der Waals surface area contributed by atoms with E-state index < -0.39 is 10.0 Å². The number of primary sulfonamides is 1. The Labute approximate surface area is 76.0 Å². The van der Waals surface area contributed by atoms with Crippen LogP contribution in [0.4, 0.5) is 0 Å². The van der Waals surface area contributed by atoms with E-state index in [4.69, 9.17) is 10.9 Å². The zero-order chi connectivity index (χ0) is 10.1. The Morgan fingerprint density at radius 2 is 2.00 bits per heavy atom. The summed E-state index contributed by atoms with van der Waals surface area (Å²) in [6.07, 6.45) is 0. The maximum absolute atomic E-state index is 10.9. The van der Waals surface area contributed by atoms with E-state index in [9.17, 15) is 13.5 Å². The second kappa shape index (κ2) is 3.33. The highest BCUT2D eigenvalue weighted by Gasteiger charge is 2.09. The highest BCUT2D eigenvalue weighted by molar-refractivity contribution is 7.89. The van der Waals surface area contributed by atoms with E-state index in [1.54, 1.807) is 0 Å². The standard InChI is InChI=1S/C7H10N2O3S/c8-4-5-3-6(13(9,11)12)1-2-7(5)10/h1-3,10H,4,8H2,(H2,9,11,12). The van der Waals surface area contributed by atoms with E-state index in [0.717, 1.165) is 0 Å². The number of nitrogens with two attached hydrogens (primary N) is 2. The average Bonchev–Trinajstić information content (AvgIpc) is 2.03. The van der Waals surface area contributed by atoms with Crippen molar-refractivity contribution in [1.82, 2.24) is 0 Å². The van der Waals surface area contributed by atoms with Crippen molar-refractivity contribution in [1.29, 1.82) is 0 Å². The molecule has 0 aromatic heterocycles. The quantitative estimate of drug-likeness (QED) is 0.600. The molecule has 0 amide bonds. The number of hydrogen-bond acceptors (Lipinski definition) is 4. The van der Waals surface area contributed by atoms with Crippen LogP contribution in [-0.2, 0) is 16.6 Å². The van der Waals surface area contributed by atoms with Gasteiger partial charge in [-0.25, -0.2) is 13.6 Å². The molecule has 0 unspecified atom stereocenters. The van der Waals surface area contributed by atoms with Crippen LogP contribution < -0.4 is 10.9 Å². The Bertz CT molecular complexity index is 414. The zero-order valence-electron chi connectivity index (χ0n) is 6.77. The molecule has 72 valence electrons. The van der Waals surface area contributed by atoms with Crippen LogP contribution in [0.1, 0.15) is 5.56 Å². The minimum absolute atomic E-state index is 0.0325. The van der Waals surface area contributed by atoms with Gasteiger partial charge in [-0.1, -0.05) is 0 Å². The largest absolute Gasteiger partial charge is 0.508 e. The van der Waals surface area contributed by atoms with Gasteiger partial charge >= 0.3 is 0 Å². The van der Waals surface area contributed by atoms with Crippen LogP contribution in [0.15, 0.2) is 23.1 Å². The Hall–Kier alpha value is -1.11. The van der Waals surface area contributed by atoms with Crippen molar-refractivity contribution < 1.29 is 13.5 Å². The topological polar surface area (TPSA) is 106 Å². The van der Waals surface area contributed by atoms with Crippen molar-refractivity contribution in [2.24, 2.45) is 10.9 Å². The Morgan fingerprint density at radius 1 is 1.38 bits per heavy atom. The summed E-state index contributed by atoms with van der Waals surface area (Å²) in [6, 6.07) is 3.73. The lowest BCUT2D eigenvalue weighted by Crippen LogP contribution is -2.12. The van der Waals surface area contributed by atoms with Gasteiger partial charge in [0, 0.05) is 12.1 Å². The van der Waals surface area contributed by atoms with Crippen LogP contribution in [0.2, 0.25) is 0 Å². The molecule has 0 fully saturated rings. The van der Waals surface area contributed by atoms with E-state index in [1.165, 1.54) is 18.2 Å². The van der Waals surface area contributed by atoms with Crippen LogP contribution in [0.5, 0.6) is 5.75 Å². The molecule has 1 aromatic rings. The number of phenols is 1. The molecule has 1 rings (SSSR count). The maximum atomic E-state index is 10.9. The van der Waals surface area contributed by atoms with Crippen molar-refractivity contribution in [2.45, 2.75) is 11.4 Å². The van der Waals surface area contributed by atoms with E-state index in [1.807, 2.05) is 0 Å². The van der Waals surface area contributed by atoms with Crippen molar-refractivity contribution in [3.63, 3.8) is 0 Å². The molecule has 0 aliphatic heterocycles. The van der Waals surface area contributed by atoms with Gasteiger partial charge in [0.25, 0.3) is 0 Å². The smallest absolute Gasteiger partial charge is 0.238 e. The first-order chi connectivity index (χ1) is 5.95. The maximum Gasteiger partial charge on any atom is 0.238 e. The van der Waals surface area contributed by atoms with E-state index in [2.05, 4.69) is 0 Å². The molecule has 0 radical (unpaired) electrons. The summed E-state index contributed by atoms with van der Waals surface area (Å²) >= 11 is 0. The number of phenolic OH excluding ortho intramolecular Hbond substituents is 1. The molecule has 0 spiro atoms. The van der Waals surface area contributed by atoms with Gasteiger partial charge < -0.3 is 10.8 Å². The number of sulfonamides is 1. The van der Waals surface area contributed by atoms with Crippen molar-refractivity contribution in [3.8, 4) is 5.75 Å². The van der Waals surface area contributed by atoms with Gasteiger partial charge in [-0.05, 0) is 18.2 Å². The molecule has 1 aromatic carbocycles. The normalized spacial score (nSPS) is 11.5. The highest BCUT2D eigenvalue weighted by Crippen LogP contribution is 2.19. The molecule has 5 nitrogen and oxygen atoms in total. The fraction of sp³-hybridized carbons (Fsp3) is 0.143. The van der Waals surface area contributed by atoms with Crippen molar-refractivity contribution in [2.75, 3.05) is 0 Å². The van der Waals surface area contributed by atoms with Crippen molar-refractivity contribution >= 4 is 10.0 Å². The van der Waals surface area contributed by atoms with Crippen molar-refractivity contribution in [3.05, 3.63) is 23.8 Å². The van der Waals surface area contributed by atoms with Gasteiger partial charge in [0.2, 0.25) is 10.0 Å². The monoisotopic (exact) mass is 202 g/mol. The third-order valence-electron chi connectivity index (χ3n) is 1.60. The molecule has 6 heteroatoms. The second-order valence-electron chi connectivity index (χ2n) is 2.54. The fourth-order valence-electron chi connectivity index (χ4n) is 0.902.